The van der Waals surface area contributed by atoms with Crippen molar-refractivity contribution in [1.29, 1.82) is 0 Å². The molecule has 0 aliphatic rings. The van der Waals surface area contributed by atoms with Gasteiger partial charge in [0.15, 0.2) is 6.10 Å². The average molecular weight is 957 g/mol. The SMILES string of the molecule is CCC/C=C\C/C=C\CCCCCCCC(=O)OCC(COP(=O)(O)OCC(CO)OC(=O)CCCCCCCCCCC)OC(=O)CCCCCCCCCCCCCCCCCCC. The van der Waals surface area contributed by atoms with Crippen LogP contribution in [0.1, 0.15) is 265 Å². The predicted octanol–water partition coefficient (Wildman–Crippen LogP) is 15.5. The molecule has 0 aliphatic heterocycles. The van der Waals surface area contributed by atoms with Crippen molar-refractivity contribution in [1.82, 2.24) is 0 Å². The molecule has 0 spiro atoms. The molecule has 0 radical (unpaired) electrons. The second-order valence-electron chi connectivity index (χ2n) is 18.4. The van der Waals surface area contributed by atoms with Gasteiger partial charge in [0, 0.05) is 19.3 Å². The maximum absolute atomic E-state index is 12.9. The highest BCUT2D eigenvalue weighted by molar-refractivity contribution is 7.47. The van der Waals surface area contributed by atoms with E-state index in [0.717, 1.165) is 83.5 Å². The quantitative estimate of drug-likeness (QED) is 0.0197. The van der Waals surface area contributed by atoms with Crippen LogP contribution in [-0.4, -0.2) is 66.5 Å². The van der Waals surface area contributed by atoms with Crippen molar-refractivity contribution >= 4 is 25.7 Å². The van der Waals surface area contributed by atoms with Gasteiger partial charge in [-0.25, -0.2) is 4.57 Å². The van der Waals surface area contributed by atoms with Gasteiger partial charge in [-0.3, -0.25) is 23.4 Å². The maximum Gasteiger partial charge on any atom is 0.472 e. The number of aliphatic hydroxyl groups is 1. The molecular formula is C54H101O11P. The molecule has 0 aromatic heterocycles. The van der Waals surface area contributed by atoms with Crippen molar-refractivity contribution in [3.05, 3.63) is 24.3 Å². The number of phosphoric acid groups is 1. The summed E-state index contributed by atoms with van der Waals surface area (Å²) in [6.07, 6.45) is 47.2. The minimum atomic E-state index is -4.73. The van der Waals surface area contributed by atoms with Crippen LogP contribution < -0.4 is 0 Å². The summed E-state index contributed by atoms with van der Waals surface area (Å²) in [5.74, 6) is -1.46. The third-order valence-corrected chi connectivity index (χ3v) is 12.8. The lowest BCUT2D eigenvalue weighted by Crippen LogP contribution is -2.30. The van der Waals surface area contributed by atoms with Crippen LogP contribution in [0.4, 0.5) is 0 Å². The number of allylic oxidation sites excluding steroid dienone is 4. The van der Waals surface area contributed by atoms with E-state index in [-0.39, 0.29) is 25.9 Å². The van der Waals surface area contributed by atoms with Crippen LogP contribution in [0.2, 0.25) is 0 Å². The Balaban J connectivity index is 4.70. The van der Waals surface area contributed by atoms with E-state index in [9.17, 15) is 28.9 Å². The topological polar surface area (TPSA) is 155 Å². The first-order valence-corrected chi connectivity index (χ1v) is 28.7. The van der Waals surface area contributed by atoms with Crippen LogP contribution in [-0.2, 0) is 42.2 Å². The smallest absolute Gasteiger partial charge is 0.462 e. The summed E-state index contributed by atoms with van der Waals surface area (Å²) in [6.45, 7) is 4.57. The second-order valence-corrected chi connectivity index (χ2v) is 19.9. The fourth-order valence-corrected chi connectivity index (χ4v) is 8.47. The summed E-state index contributed by atoms with van der Waals surface area (Å²) < 4.78 is 39.4. The zero-order valence-corrected chi connectivity index (χ0v) is 43.6. The van der Waals surface area contributed by atoms with Crippen LogP contribution in [0.25, 0.3) is 0 Å². The summed E-state index contributed by atoms with van der Waals surface area (Å²) in [4.78, 5) is 48.3. The van der Waals surface area contributed by atoms with Gasteiger partial charge >= 0.3 is 25.7 Å². The molecule has 0 fully saturated rings. The number of carbonyl (C=O) groups is 3. The van der Waals surface area contributed by atoms with E-state index in [1.54, 1.807) is 0 Å². The Bertz CT molecular complexity index is 1210. The largest absolute Gasteiger partial charge is 0.472 e. The zero-order valence-electron chi connectivity index (χ0n) is 42.7. The van der Waals surface area contributed by atoms with Gasteiger partial charge in [-0.15, -0.1) is 0 Å². The van der Waals surface area contributed by atoms with Gasteiger partial charge in [0.2, 0.25) is 0 Å². The number of esters is 3. The van der Waals surface area contributed by atoms with Crippen LogP contribution >= 0.6 is 7.82 Å². The number of rotatable bonds is 51. The number of ether oxygens (including phenoxy) is 3. The highest BCUT2D eigenvalue weighted by atomic mass is 31.2. The molecule has 0 saturated carbocycles. The van der Waals surface area contributed by atoms with E-state index in [1.807, 2.05) is 0 Å². The molecule has 0 saturated heterocycles. The molecule has 0 amide bonds. The van der Waals surface area contributed by atoms with Gasteiger partial charge in [0.1, 0.15) is 12.7 Å². The third-order valence-electron chi connectivity index (χ3n) is 11.9. The molecule has 0 aromatic rings. The molecule has 0 rings (SSSR count). The third kappa shape index (κ3) is 47.0. The van der Waals surface area contributed by atoms with E-state index < -0.39 is 57.8 Å². The van der Waals surface area contributed by atoms with E-state index in [1.165, 1.54) is 122 Å². The predicted molar refractivity (Wildman–Crippen MR) is 270 cm³/mol. The van der Waals surface area contributed by atoms with Crippen LogP contribution in [0.5, 0.6) is 0 Å². The van der Waals surface area contributed by atoms with Crippen molar-refractivity contribution in [3.63, 3.8) is 0 Å². The second kappa shape index (κ2) is 49.4. The fourth-order valence-electron chi connectivity index (χ4n) is 7.69. The Morgan fingerprint density at radius 3 is 1.18 bits per heavy atom. The minimum Gasteiger partial charge on any atom is -0.462 e. The number of carbonyl (C=O) groups excluding carboxylic acids is 3. The Hall–Kier alpha value is -2.04. The molecule has 388 valence electrons. The molecule has 0 aromatic carbocycles. The van der Waals surface area contributed by atoms with Gasteiger partial charge in [-0.1, -0.05) is 225 Å². The number of hydrogen-bond donors (Lipinski definition) is 2. The van der Waals surface area contributed by atoms with Crippen molar-refractivity contribution in [2.75, 3.05) is 26.4 Å². The Morgan fingerprint density at radius 2 is 0.773 bits per heavy atom. The van der Waals surface area contributed by atoms with Crippen molar-refractivity contribution in [2.45, 2.75) is 277 Å². The maximum atomic E-state index is 12.9. The van der Waals surface area contributed by atoms with Gasteiger partial charge in [0.05, 0.1) is 19.8 Å². The zero-order chi connectivity index (χ0) is 48.4. The summed E-state index contributed by atoms with van der Waals surface area (Å²) in [7, 11) is -4.73. The van der Waals surface area contributed by atoms with E-state index in [0.29, 0.717) is 19.3 Å². The fraction of sp³-hybridized carbons (Fsp3) is 0.870. The van der Waals surface area contributed by atoms with Crippen molar-refractivity contribution in [2.24, 2.45) is 0 Å². The highest BCUT2D eigenvalue weighted by Gasteiger charge is 2.28. The van der Waals surface area contributed by atoms with Crippen LogP contribution in [0.3, 0.4) is 0 Å². The summed E-state index contributed by atoms with van der Waals surface area (Å²) in [5.41, 5.74) is 0. The lowest BCUT2D eigenvalue weighted by molar-refractivity contribution is -0.161. The molecule has 2 N–H and O–H groups in total. The highest BCUT2D eigenvalue weighted by Crippen LogP contribution is 2.43. The minimum absolute atomic E-state index is 0.171. The lowest BCUT2D eigenvalue weighted by Gasteiger charge is -2.21. The standard InChI is InChI=1S/C54H101O11P/c1-4-7-10-13-16-19-21-23-24-25-26-28-30-33-36-39-42-45-54(58)65-51(47-61-52(56)43-40-37-34-32-29-27-22-20-17-14-11-8-5-2)49-63-66(59,60)62-48-50(46-55)64-53(57)44-41-38-35-31-18-15-12-9-6-3/h11,14,20,22,50-51,55H,4-10,12-13,15-19,21,23-49H2,1-3H3,(H,59,60)/b14-11-,22-20-. The van der Waals surface area contributed by atoms with E-state index in [4.69, 9.17) is 23.3 Å². The van der Waals surface area contributed by atoms with Crippen molar-refractivity contribution < 1.29 is 52.2 Å². The normalized spacial score (nSPS) is 13.6. The molecular weight excluding hydrogens is 856 g/mol. The summed E-state index contributed by atoms with van der Waals surface area (Å²) in [5, 5.41) is 9.75. The van der Waals surface area contributed by atoms with Gasteiger partial charge in [-0.2, -0.15) is 0 Å². The number of phosphoric ester groups is 1. The van der Waals surface area contributed by atoms with Gasteiger partial charge in [0.25, 0.3) is 0 Å². The Kier molecular flexibility index (Phi) is 47.9. The van der Waals surface area contributed by atoms with Crippen molar-refractivity contribution in [3.8, 4) is 0 Å². The molecule has 3 atom stereocenters. The lowest BCUT2D eigenvalue weighted by atomic mass is 10.0. The molecule has 66 heavy (non-hydrogen) atoms. The Morgan fingerprint density at radius 1 is 0.424 bits per heavy atom. The molecule has 12 heteroatoms. The molecule has 11 nitrogen and oxygen atoms in total. The molecule has 0 aliphatic carbocycles. The van der Waals surface area contributed by atoms with Gasteiger partial charge < -0.3 is 24.2 Å². The van der Waals surface area contributed by atoms with Crippen LogP contribution in [0, 0.1) is 0 Å². The average Bonchev–Trinajstić information content (AvgIpc) is 3.30. The van der Waals surface area contributed by atoms with E-state index >= 15 is 0 Å². The first-order chi connectivity index (χ1) is 32.2. The number of unbranched alkanes of at least 4 members (excludes halogenated alkanes) is 30. The first kappa shape index (κ1) is 64.0. The molecule has 0 heterocycles. The van der Waals surface area contributed by atoms with E-state index in [2.05, 4.69) is 45.1 Å². The molecule has 0 bridgehead atoms. The monoisotopic (exact) mass is 957 g/mol. The Labute approximate surface area is 404 Å². The van der Waals surface area contributed by atoms with Crippen LogP contribution in [0.15, 0.2) is 24.3 Å². The molecule has 3 unspecified atom stereocenters. The number of hydrogen-bond acceptors (Lipinski definition) is 10. The van der Waals surface area contributed by atoms with Gasteiger partial charge in [-0.05, 0) is 44.9 Å². The summed E-state index contributed by atoms with van der Waals surface area (Å²) in [6, 6.07) is 0. The number of aliphatic hydroxyl groups excluding tert-OH is 1. The summed E-state index contributed by atoms with van der Waals surface area (Å²) >= 11 is 0. The first-order valence-electron chi connectivity index (χ1n) is 27.2.